The van der Waals surface area contributed by atoms with Crippen molar-refractivity contribution < 1.29 is 9.53 Å². The Morgan fingerprint density at radius 3 is 2.41 bits per heavy atom. The van der Waals surface area contributed by atoms with Gasteiger partial charge in [-0.2, -0.15) is 4.98 Å². The van der Waals surface area contributed by atoms with Crippen molar-refractivity contribution in [3.63, 3.8) is 0 Å². The molecule has 0 radical (unpaired) electrons. The lowest BCUT2D eigenvalue weighted by Gasteiger charge is -2.24. The van der Waals surface area contributed by atoms with Crippen LogP contribution in [0.25, 0.3) is 0 Å². The fourth-order valence-electron chi connectivity index (χ4n) is 2.54. The molecular formula is C21H40N4O2. The Bertz CT molecular complexity index is 517. The van der Waals surface area contributed by atoms with Crippen molar-refractivity contribution in [2.75, 3.05) is 30.3 Å². The quantitative estimate of drug-likeness (QED) is 0.526. The van der Waals surface area contributed by atoms with Crippen LogP contribution in [0.3, 0.4) is 0 Å². The smallest absolute Gasteiger partial charge is 0.220 e. The van der Waals surface area contributed by atoms with Crippen LogP contribution in [0, 0.1) is 0 Å². The van der Waals surface area contributed by atoms with Crippen LogP contribution < -0.4 is 20.7 Å². The van der Waals surface area contributed by atoms with Crippen LogP contribution in [0.1, 0.15) is 73.6 Å². The lowest BCUT2D eigenvalue weighted by molar-refractivity contribution is -0.121. The monoisotopic (exact) mass is 380 g/mol. The highest BCUT2D eigenvalue weighted by Gasteiger charge is 2.10. The summed E-state index contributed by atoms with van der Waals surface area (Å²) >= 11 is 0. The molecule has 27 heavy (non-hydrogen) atoms. The van der Waals surface area contributed by atoms with Crippen LogP contribution in [-0.2, 0) is 4.79 Å². The fraction of sp³-hybridized carbons (Fsp3) is 0.714. The van der Waals surface area contributed by atoms with Crippen LogP contribution in [0.4, 0.5) is 11.5 Å². The fourth-order valence-corrected chi connectivity index (χ4v) is 2.54. The number of nitrogen functional groups attached to an aromatic ring is 1. The van der Waals surface area contributed by atoms with Gasteiger partial charge in [0, 0.05) is 43.4 Å². The minimum absolute atomic E-state index is 0.0660. The molecule has 1 aromatic rings. The Hall–Kier alpha value is -1.98. The molecule has 1 atom stereocenters. The third kappa shape index (κ3) is 10.7. The Kier molecular flexibility index (Phi) is 14.0. The average molecular weight is 381 g/mol. The molecule has 0 bridgehead atoms. The molecule has 1 aromatic heterocycles. The summed E-state index contributed by atoms with van der Waals surface area (Å²) < 4.78 is 5.72. The number of carbonyl (C=O) groups is 1. The summed E-state index contributed by atoms with van der Waals surface area (Å²) in [5, 5.41) is 2.95. The molecule has 1 heterocycles. The van der Waals surface area contributed by atoms with E-state index in [4.69, 9.17) is 10.5 Å². The van der Waals surface area contributed by atoms with E-state index in [1.165, 1.54) is 0 Å². The molecule has 0 saturated carbocycles. The molecule has 0 aliphatic rings. The van der Waals surface area contributed by atoms with Crippen molar-refractivity contribution in [3.8, 4) is 5.88 Å². The summed E-state index contributed by atoms with van der Waals surface area (Å²) in [4.78, 5) is 18.3. The van der Waals surface area contributed by atoms with Crippen molar-refractivity contribution in [2.24, 2.45) is 0 Å². The van der Waals surface area contributed by atoms with Gasteiger partial charge in [0.25, 0.3) is 0 Å². The number of amides is 1. The summed E-state index contributed by atoms with van der Waals surface area (Å²) in [6.45, 7) is 14.8. The molecule has 6 nitrogen and oxygen atoms in total. The van der Waals surface area contributed by atoms with Crippen molar-refractivity contribution >= 4 is 17.4 Å². The van der Waals surface area contributed by atoms with E-state index >= 15 is 0 Å². The number of ether oxygens (including phenoxy) is 1. The third-order valence-corrected chi connectivity index (χ3v) is 3.98. The SMILES string of the molecule is CC.CCCN(CCC)c1cc(N)nc(OCCCC(=O)NC(C)CC)c1. The summed E-state index contributed by atoms with van der Waals surface area (Å²) in [7, 11) is 0. The molecule has 3 N–H and O–H groups in total. The molecule has 1 amide bonds. The van der Waals surface area contributed by atoms with E-state index in [0.717, 1.165) is 38.0 Å². The molecule has 0 spiro atoms. The zero-order chi connectivity index (χ0) is 20.7. The number of aromatic nitrogens is 1. The van der Waals surface area contributed by atoms with Gasteiger partial charge < -0.3 is 20.7 Å². The molecule has 0 aromatic carbocycles. The molecule has 6 heteroatoms. The van der Waals surface area contributed by atoms with Gasteiger partial charge in [0.2, 0.25) is 11.8 Å². The van der Waals surface area contributed by atoms with Gasteiger partial charge >= 0.3 is 0 Å². The van der Waals surface area contributed by atoms with Crippen LogP contribution >= 0.6 is 0 Å². The van der Waals surface area contributed by atoms with Gasteiger partial charge in [-0.3, -0.25) is 4.79 Å². The van der Waals surface area contributed by atoms with Gasteiger partial charge in [0.05, 0.1) is 6.61 Å². The van der Waals surface area contributed by atoms with Gasteiger partial charge in [0.15, 0.2) is 0 Å². The predicted molar refractivity (Wildman–Crippen MR) is 115 cm³/mol. The topological polar surface area (TPSA) is 80.5 Å². The van der Waals surface area contributed by atoms with Gasteiger partial charge in [-0.1, -0.05) is 34.6 Å². The Balaban J connectivity index is 0.00000326. The lowest BCUT2D eigenvalue weighted by atomic mass is 10.2. The van der Waals surface area contributed by atoms with E-state index < -0.39 is 0 Å². The number of nitrogens with zero attached hydrogens (tertiary/aromatic N) is 2. The van der Waals surface area contributed by atoms with Crippen LogP contribution in [0.2, 0.25) is 0 Å². The second-order valence-corrected chi connectivity index (χ2v) is 6.40. The number of hydrogen-bond donors (Lipinski definition) is 2. The van der Waals surface area contributed by atoms with E-state index in [2.05, 4.69) is 36.0 Å². The number of nitrogens with one attached hydrogen (secondary N) is 1. The maximum atomic E-state index is 11.8. The molecule has 0 saturated heterocycles. The molecule has 1 unspecified atom stereocenters. The molecular weight excluding hydrogens is 340 g/mol. The summed E-state index contributed by atoms with van der Waals surface area (Å²) in [6.07, 6.45) is 4.19. The first-order valence-electron chi connectivity index (χ1n) is 10.4. The number of anilines is 2. The van der Waals surface area contributed by atoms with Gasteiger partial charge in [-0.15, -0.1) is 0 Å². The van der Waals surface area contributed by atoms with Crippen molar-refractivity contribution in [1.82, 2.24) is 10.3 Å². The number of rotatable bonds is 12. The first kappa shape index (κ1) is 25.0. The van der Waals surface area contributed by atoms with E-state index in [-0.39, 0.29) is 11.9 Å². The maximum absolute atomic E-state index is 11.8. The summed E-state index contributed by atoms with van der Waals surface area (Å²) in [5.74, 6) is 1.05. The highest BCUT2D eigenvalue weighted by Crippen LogP contribution is 2.23. The number of carbonyl (C=O) groups excluding carboxylic acids is 1. The molecule has 0 fully saturated rings. The summed E-state index contributed by atoms with van der Waals surface area (Å²) in [6, 6.07) is 4.04. The average Bonchev–Trinajstić information content (AvgIpc) is 2.66. The van der Waals surface area contributed by atoms with E-state index in [9.17, 15) is 4.79 Å². The van der Waals surface area contributed by atoms with Crippen LogP contribution in [0.5, 0.6) is 5.88 Å². The van der Waals surface area contributed by atoms with Crippen molar-refractivity contribution in [1.29, 1.82) is 0 Å². The maximum Gasteiger partial charge on any atom is 0.220 e. The minimum atomic E-state index is 0.0660. The zero-order valence-corrected chi connectivity index (χ0v) is 18.2. The minimum Gasteiger partial charge on any atom is -0.478 e. The number of pyridine rings is 1. The Labute approximate surface area is 165 Å². The number of nitrogens with two attached hydrogens (primary N) is 1. The second kappa shape index (κ2) is 15.1. The van der Waals surface area contributed by atoms with E-state index in [1.54, 1.807) is 0 Å². The standard InChI is InChI=1S/C19H34N4O2.C2H6/c1-5-10-23(11-6-2)16-13-17(20)22-19(14-16)25-12-8-9-18(24)21-15(4)7-3;1-2/h13-15H,5-12H2,1-4H3,(H2,20,22)(H,21,24);1-2H3. The predicted octanol–water partition coefficient (Wildman–Crippen LogP) is 4.39. The van der Waals surface area contributed by atoms with Crippen LogP contribution in [0.15, 0.2) is 12.1 Å². The van der Waals surface area contributed by atoms with Crippen molar-refractivity contribution in [2.45, 2.75) is 79.7 Å². The largest absolute Gasteiger partial charge is 0.478 e. The molecule has 0 aliphatic heterocycles. The Morgan fingerprint density at radius 2 is 1.85 bits per heavy atom. The van der Waals surface area contributed by atoms with Gasteiger partial charge in [-0.05, 0) is 32.6 Å². The molecule has 1 rings (SSSR count). The van der Waals surface area contributed by atoms with Crippen LogP contribution in [-0.4, -0.2) is 36.6 Å². The Morgan fingerprint density at radius 1 is 1.22 bits per heavy atom. The van der Waals surface area contributed by atoms with Gasteiger partial charge in [-0.25, -0.2) is 0 Å². The highest BCUT2D eigenvalue weighted by molar-refractivity contribution is 5.76. The zero-order valence-electron chi connectivity index (χ0n) is 18.2. The molecule has 0 aliphatic carbocycles. The highest BCUT2D eigenvalue weighted by atomic mass is 16.5. The second-order valence-electron chi connectivity index (χ2n) is 6.40. The normalized spacial score (nSPS) is 11.2. The van der Waals surface area contributed by atoms with E-state index in [1.807, 2.05) is 32.9 Å². The van der Waals surface area contributed by atoms with Crippen molar-refractivity contribution in [3.05, 3.63) is 12.1 Å². The first-order chi connectivity index (χ1) is 13.0. The van der Waals surface area contributed by atoms with Gasteiger partial charge in [0.1, 0.15) is 5.82 Å². The number of hydrogen-bond acceptors (Lipinski definition) is 5. The summed E-state index contributed by atoms with van der Waals surface area (Å²) in [5.41, 5.74) is 6.97. The first-order valence-corrected chi connectivity index (χ1v) is 10.4. The lowest BCUT2D eigenvalue weighted by Crippen LogP contribution is -2.31. The third-order valence-electron chi connectivity index (χ3n) is 3.98. The molecule has 156 valence electrons. The van der Waals surface area contributed by atoms with E-state index in [0.29, 0.717) is 31.1 Å².